The summed E-state index contributed by atoms with van der Waals surface area (Å²) in [5.41, 5.74) is -0.778. The summed E-state index contributed by atoms with van der Waals surface area (Å²) in [6.07, 6.45) is 1.00. The van der Waals surface area contributed by atoms with E-state index < -0.39 is 47.0 Å². The Bertz CT molecular complexity index is 1220. The van der Waals surface area contributed by atoms with Crippen LogP contribution in [0.2, 0.25) is 10.0 Å². The van der Waals surface area contributed by atoms with Crippen molar-refractivity contribution < 1.29 is 21.8 Å². The van der Waals surface area contributed by atoms with Crippen LogP contribution in [-0.2, 0) is 25.4 Å². The molecule has 12 heteroatoms. The third-order valence-electron chi connectivity index (χ3n) is 4.06. The van der Waals surface area contributed by atoms with Gasteiger partial charge in [0, 0.05) is 11.9 Å². The predicted molar refractivity (Wildman–Crippen MR) is 107 cm³/mol. The third-order valence-corrected chi connectivity index (χ3v) is 8.84. The summed E-state index contributed by atoms with van der Waals surface area (Å²) in [5, 5.41) is 2.41. The molecule has 0 radical (unpaired) electrons. The maximum absolute atomic E-state index is 13.0. The van der Waals surface area contributed by atoms with Gasteiger partial charge >= 0.3 is 0 Å². The molecule has 3 rings (SSSR count). The molecule has 0 aliphatic carbocycles. The molecule has 1 aliphatic rings. The summed E-state index contributed by atoms with van der Waals surface area (Å²) in [4.78, 5) is 25.0. The van der Waals surface area contributed by atoms with E-state index in [1.54, 1.807) is 0 Å². The summed E-state index contributed by atoms with van der Waals surface area (Å²) in [6, 6.07) is 2.71. The molecule has 0 spiro atoms. The zero-order valence-corrected chi connectivity index (χ0v) is 17.9. The van der Waals surface area contributed by atoms with E-state index in [0.29, 0.717) is 0 Å². The average molecular weight is 465 g/mol. The molecule has 2 atom stereocenters. The largest absolute Gasteiger partial charge is 0.462 e. The van der Waals surface area contributed by atoms with Gasteiger partial charge in [-0.1, -0.05) is 23.2 Å². The van der Waals surface area contributed by atoms with Crippen LogP contribution in [-0.4, -0.2) is 33.2 Å². The number of hydrogen-bond acceptors (Lipinski definition) is 7. The highest BCUT2D eigenvalue weighted by Gasteiger charge is 2.46. The number of hydrogen-bond donors (Lipinski definition) is 0. The van der Waals surface area contributed by atoms with Gasteiger partial charge in [-0.15, -0.1) is 5.10 Å². The van der Waals surface area contributed by atoms with E-state index in [1.165, 1.54) is 26.0 Å². The molecule has 0 saturated heterocycles. The van der Waals surface area contributed by atoms with E-state index in [-0.39, 0.29) is 26.6 Å². The number of hydrazone groups is 1. The molecule has 2 heterocycles. The Kier molecular flexibility index (Phi) is 5.43. The van der Waals surface area contributed by atoms with Gasteiger partial charge in [-0.05, 0) is 26.0 Å². The zero-order chi connectivity index (χ0) is 21.0. The smallest absolute Gasteiger partial charge is 0.241 e. The highest BCUT2D eigenvalue weighted by atomic mass is 35.5. The molecule has 0 fully saturated rings. The fourth-order valence-corrected chi connectivity index (χ4v) is 6.61. The normalized spacial score (nSPS) is 20.1. The van der Waals surface area contributed by atoms with E-state index in [9.17, 15) is 22.2 Å². The van der Waals surface area contributed by atoms with E-state index >= 15 is 0 Å². The first-order valence-electron chi connectivity index (χ1n) is 7.90. The molecule has 0 bridgehead atoms. The van der Waals surface area contributed by atoms with Crippen LogP contribution in [0.15, 0.2) is 32.7 Å². The maximum Gasteiger partial charge on any atom is 0.241 e. The van der Waals surface area contributed by atoms with Gasteiger partial charge < -0.3 is 4.42 Å². The van der Waals surface area contributed by atoms with Crippen LogP contribution in [0.25, 0.3) is 11.0 Å². The van der Waals surface area contributed by atoms with Crippen molar-refractivity contribution >= 4 is 65.1 Å². The summed E-state index contributed by atoms with van der Waals surface area (Å²) >= 11 is 12.0. The molecule has 28 heavy (non-hydrogen) atoms. The number of halogens is 2. The number of sulfone groups is 1. The fourth-order valence-electron chi connectivity index (χ4n) is 2.57. The molecule has 1 aromatic heterocycles. The molecule has 2 unspecified atom stereocenters. The Labute approximate surface area is 172 Å². The first kappa shape index (κ1) is 21.0. The minimum absolute atomic E-state index is 0.00988. The van der Waals surface area contributed by atoms with Gasteiger partial charge in [-0.25, -0.2) is 17.6 Å². The van der Waals surface area contributed by atoms with E-state index in [2.05, 4.69) is 5.10 Å². The number of amides is 1. The highest BCUT2D eigenvalue weighted by Crippen LogP contribution is 2.34. The molecular weight excluding hydrogens is 451 g/mol. The van der Waals surface area contributed by atoms with E-state index in [0.717, 1.165) is 18.2 Å². The lowest BCUT2D eigenvalue weighted by molar-refractivity contribution is -0.129. The second-order valence-corrected chi connectivity index (χ2v) is 11.2. The Balaban J connectivity index is 2.24. The quantitative estimate of drug-likeness (QED) is 0.674. The molecule has 150 valence electrons. The second-order valence-electron chi connectivity index (χ2n) is 6.26. The van der Waals surface area contributed by atoms with Crippen molar-refractivity contribution in [2.24, 2.45) is 5.10 Å². The van der Waals surface area contributed by atoms with Gasteiger partial charge in [0.1, 0.15) is 17.1 Å². The lowest BCUT2D eigenvalue weighted by Crippen LogP contribution is -2.31. The number of carbonyl (C=O) groups is 1. The maximum atomic E-state index is 13.0. The van der Waals surface area contributed by atoms with Crippen LogP contribution in [0.5, 0.6) is 0 Å². The van der Waals surface area contributed by atoms with Gasteiger partial charge in [-0.3, -0.25) is 9.59 Å². The van der Waals surface area contributed by atoms with Crippen LogP contribution in [0.1, 0.15) is 31.7 Å². The Hall–Kier alpha value is -1.75. The van der Waals surface area contributed by atoms with Crippen LogP contribution in [0.4, 0.5) is 0 Å². The van der Waals surface area contributed by atoms with Crippen molar-refractivity contribution in [3.05, 3.63) is 44.2 Å². The average Bonchev–Trinajstić information content (AvgIpc) is 2.94. The molecule has 0 saturated carbocycles. The molecule has 8 nitrogen and oxygen atoms in total. The number of carbonyl (C=O) groups excluding carboxylic acids is 1. The van der Waals surface area contributed by atoms with Crippen LogP contribution in [0.3, 0.4) is 0 Å². The zero-order valence-electron chi connectivity index (χ0n) is 14.8. The summed E-state index contributed by atoms with van der Waals surface area (Å²) in [5.74, 6) is -0.684. The van der Waals surface area contributed by atoms with Crippen LogP contribution >= 0.6 is 23.2 Å². The Morgan fingerprint density at radius 1 is 1.32 bits per heavy atom. The summed E-state index contributed by atoms with van der Waals surface area (Å²) in [7, 11) is -6.33. The molecule has 1 amide bonds. The van der Waals surface area contributed by atoms with Crippen molar-refractivity contribution in [3.8, 4) is 0 Å². The molecular formula is C16H14Cl2N2O6S2. The van der Waals surface area contributed by atoms with Crippen molar-refractivity contribution in [1.82, 2.24) is 5.01 Å². The minimum atomic E-state index is -4.02. The molecule has 0 N–H and O–H groups in total. The molecule has 1 aromatic carbocycles. The Morgan fingerprint density at radius 3 is 2.54 bits per heavy atom. The number of fused-ring (bicyclic) bond motifs is 1. The number of benzene rings is 1. The van der Waals surface area contributed by atoms with Crippen molar-refractivity contribution in [2.75, 3.05) is 0 Å². The lowest BCUT2D eigenvalue weighted by Gasteiger charge is -2.18. The highest BCUT2D eigenvalue weighted by molar-refractivity contribution is 8.29. The van der Waals surface area contributed by atoms with Crippen LogP contribution < -0.4 is 5.43 Å². The van der Waals surface area contributed by atoms with Gasteiger partial charge in [0.15, 0.2) is 16.4 Å². The number of rotatable bonds is 2. The Morgan fingerprint density at radius 2 is 1.96 bits per heavy atom. The van der Waals surface area contributed by atoms with Gasteiger partial charge in [0.25, 0.3) is 0 Å². The fraction of sp³-hybridized carbons (Fsp3) is 0.312. The lowest BCUT2D eigenvalue weighted by atomic mass is 10.1. The first-order chi connectivity index (χ1) is 13.0. The molecule has 1 aliphatic heterocycles. The van der Waals surface area contributed by atoms with Crippen LogP contribution in [0, 0.1) is 0 Å². The van der Waals surface area contributed by atoms with E-state index in [1.807, 2.05) is 0 Å². The summed E-state index contributed by atoms with van der Waals surface area (Å²) in [6.45, 7) is 3.92. The first-order valence-corrected chi connectivity index (χ1v) is 11.4. The second kappa shape index (κ2) is 7.25. The van der Waals surface area contributed by atoms with Crippen molar-refractivity contribution in [2.45, 2.75) is 31.4 Å². The SMILES string of the molecule is CC(=O)N1N=C(S(=O)(=O)C(C)C)S(=O)C1c1coc2c(Cl)cc(Cl)cc2c1=O. The predicted octanol–water partition coefficient (Wildman–Crippen LogP) is 2.80. The minimum Gasteiger partial charge on any atom is -0.462 e. The molecule has 2 aromatic rings. The van der Waals surface area contributed by atoms with Gasteiger partial charge in [0.2, 0.25) is 20.1 Å². The van der Waals surface area contributed by atoms with Gasteiger partial charge in [0.05, 0.1) is 21.2 Å². The number of nitrogens with zero attached hydrogens (tertiary/aromatic N) is 2. The van der Waals surface area contributed by atoms with Crippen molar-refractivity contribution in [1.29, 1.82) is 0 Å². The van der Waals surface area contributed by atoms with E-state index in [4.69, 9.17) is 27.6 Å². The monoisotopic (exact) mass is 464 g/mol. The standard InChI is InChI=1S/C16H14Cl2N2O6S2/c1-7(2)28(24,25)16-19-20(8(3)21)15(27(16)23)11-6-26-14-10(13(11)22)4-9(17)5-12(14)18/h4-7,15H,1-3H3. The summed E-state index contributed by atoms with van der Waals surface area (Å²) < 4.78 is 42.7. The third kappa shape index (κ3) is 3.28. The topological polar surface area (TPSA) is 114 Å². The van der Waals surface area contributed by atoms with Gasteiger partial charge in [-0.2, -0.15) is 0 Å². The van der Waals surface area contributed by atoms with Crippen molar-refractivity contribution in [3.63, 3.8) is 0 Å².